The Morgan fingerprint density at radius 2 is 1.77 bits per heavy atom. The third-order valence-electron chi connectivity index (χ3n) is 4.63. The summed E-state index contributed by atoms with van der Waals surface area (Å²) in [6, 6.07) is 25.2. The molecule has 0 spiro atoms. The van der Waals surface area contributed by atoms with Crippen LogP contribution >= 0.6 is 11.3 Å². The van der Waals surface area contributed by atoms with Crippen molar-refractivity contribution in [3.05, 3.63) is 96.4 Å². The van der Waals surface area contributed by atoms with Gasteiger partial charge < -0.3 is 5.32 Å². The van der Waals surface area contributed by atoms with Gasteiger partial charge in [0.15, 0.2) is 5.69 Å². The summed E-state index contributed by atoms with van der Waals surface area (Å²) in [6.07, 6.45) is 1.71. The van der Waals surface area contributed by atoms with E-state index in [1.165, 1.54) is 0 Å². The predicted molar refractivity (Wildman–Crippen MR) is 118 cm³/mol. The topological polar surface area (TPSA) is 72.7 Å². The molecule has 5 rings (SSSR count). The number of carbonyl (C=O) groups excluding carboxylic acids is 1. The first kappa shape index (κ1) is 18.2. The molecule has 5 aromatic rings. The highest BCUT2D eigenvalue weighted by Gasteiger charge is 2.19. The summed E-state index contributed by atoms with van der Waals surface area (Å²) in [5, 5.41) is 8.21. The Labute approximate surface area is 176 Å². The van der Waals surface area contributed by atoms with E-state index in [0.29, 0.717) is 12.2 Å². The number of pyridine rings is 1. The molecule has 0 saturated heterocycles. The molecule has 0 unspecified atom stereocenters. The van der Waals surface area contributed by atoms with Crippen molar-refractivity contribution < 1.29 is 4.79 Å². The van der Waals surface area contributed by atoms with E-state index in [1.54, 1.807) is 28.3 Å². The van der Waals surface area contributed by atoms with Gasteiger partial charge in [-0.15, -0.1) is 0 Å². The Morgan fingerprint density at radius 1 is 0.967 bits per heavy atom. The number of thiazole rings is 1. The van der Waals surface area contributed by atoms with Crippen LogP contribution in [0.2, 0.25) is 0 Å². The number of carbonyl (C=O) groups is 1. The fraction of sp³-hybridized carbons (Fsp3) is 0.0435. The molecule has 146 valence electrons. The number of nitrogens with one attached hydrogen (secondary N) is 1. The molecule has 1 amide bonds. The lowest BCUT2D eigenvalue weighted by molar-refractivity contribution is 0.0945. The molecule has 0 saturated carbocycles. The first-order valence-electron chi connectivity index (χ1n) is 9.47. The fourth-order valence-corrected chi connectivity index (χ4v) is 4.10. The Bertz CT molecular complexity index is 1280. The fourth-order valence-electron chi connectivity index (χ4n) is 3.17. The molecule has 2 aromatic carbocycles. The van der Waals surface area contributed by atoms with E-state index >= 15 is 0 Å². The molecule has 0 fully saturated rings. The molecule has 0 radical (unpaired) electrons. The van der Waals surface area contributed by atoms with Crippen LogP contribution in [-0.4, -0.2) is 25.7 Å². The van der Waals surface area contributed by atoms with Gasteiger partial charge in [0.25, 0.3) is 5.91 Å². The number of hydrogen-bond acceptors (Lipinski definition) is 5. The van der Waals surface area contributed by atoms with Crippen molar-refractivity contribution in [1.29, 1.82) is 0 Å². The molecular weight excluding hydrogens is 394 g/mol. The summed E-state index contributed by atoms with van der Waals surface area (Å²) in [5.74, 6) is -0.252. The van der Waals surface area contributed by atoms with Crippen LogP contribution in [0.1, 0.15) is 16.2 Å². The van der Waals surface area contributed by atoms with Gasteiger partial charge in [0, 0.05) is 11.8 Å². The van der Waals surface area contributed by atoms with Crippen LogP contribution in [0.15, 0.2) is 85.1 Å². The van der Waals surface area contributed by atoms with Crippen molar-refractivity contribution >= 4 is 27.5 Å². The lowest BCUT2D eigenvalue weighted by Crippen LogP contribution is -2.23. The van der Waals surface area contributed by atoms with Gasteiger partial charge in [0.1, 0.15) is 0 Å². The summed E-state index contributed by atoms with van der Waals surface area (Å²) in [5.41, 5.74) is 3.82. The molecule has 6 nitrogen and oxygen atoms in total. The third-order valence-corrected chi connectivity index (χ3v) is 5.64. The number of benzene rings is 2. The highest BCUT2D eigenvalue weighted by molar-refractivity contribution is 7.20. The van der Waals surface area contributed by atoms with E-state index in [0.717, 1.165) is 32.3 Å². The Hall–Kier alpha value is -3.84. The van der Waals surface area contributed by atoms with E-state index in [2.05, 4.69) is 15.4 Å². The first-order valence-corrected chi connectivity index (χ1v) is 10.3. The van der Waals surface area contributed by atoms with Crippen molar-refractivity contribution in [3.8, 4) is 16.4 Å². The monoisotopic (exact) mass is 411 g/mol. The summed E-state index contributed by atoms with van der Waals surface area (Å²) in [6.45, 7) is 0.342. The maximum absolute atomic E-state index is 12.8. The highest BCUT2D eigenvalue weighted by atomic mass is 32.1. The standard InChI is InChI=1S/C23H17N5OS/c29-22(25-15-17-10-6-7-13-24-17)19-14-20(16-8-2-1-3-9-16)28(27-19)23-26-18-11-4-5-12-21(18)30-23/h1-14H,15H2,(H,25,29). The number of rotatable bonds is 5. The summed E-state index contributed by atoms with van der Waals surface area (Å²) < 4.78 is 2.82. The quantitative estimate of drug-likeness (QED) is 0.463. The van der Waals surface area contributed by atoms with Crippen molar-refractivity contribution in [2.45, 2.75) is 6.54 Å². The molecule has 0 bridgehead atoms. The number of para-hydroxylation sites is 1. The van der Waals surface area contributed by atoms with Crippen molar-refractivity contribution in [3.63, 3.8) is 0 Å². The largest absolute Gasteiger partial charge is 0.345 e. The molecule has 1 N–H and O–H groups in total. The molecule has 7 heteroatoms. The molecule has 0 aliphatic heterocycles. The van der Waals surface area contributed by atoms with E-state index in [4.69, 9.17) is 4.98 Å². The normalized spacial score (nSPS) is 10.9. The van der Waals surface area contributed by atoms with E-state index in [1.807, 2.05) is 72.8 Å². The van der Waals surface area contributed by atoms with Crippen LogP contribution in [0.4, 0.5) is 0 Å². The third kappa shape index (κ3) is 3.58. The van der Waals surface area contributed by atoms with Gasteiger partial charge >= 0.3 is 0 Å². The lowest BCUT2D eigenvalue weighted by atomic mass is 10.1. The van der Waals surface area contributed by atoms with Crippen LogP contribution in [0.5, 0.6) is 0 Å². The van der Waals surface area contributed by atoms with Gasteiger partial charge in [-0.1, -0.05) is 59.9 Å². The SMILES string of the molecule is O=C(NCc1ccccn1)c1cc(-c2ccccc2)n(-c2nc3ccccc3s2)n1. The minimum Gasteiger partial charge on any atom is -0.345 e. The molecule has 30 heavy (non-hydrogen) atoms. The maximum atomic E-state index is 12.8. The zero-order chi connectivity index (χ0) is 20.3. The number of fused-ring (bicyclic) bond motifs is 1. The summed E-state index contributed by atoms with van der Waals surface area (Å²) >= 11 is 1.54. The number of amides is 1. The Kier molecular flexibility index (Phi) is 4.78. The smallest absolute Gasteiger partial charge is 0.272 e. The lowest BCUT2D eigenvalue weighted by Gasteiger charge is -2.03. The van der Waals surface area contributed by atoms with Gasteiger partial charge in [0.05, 0.1) is 28.1 Å². The zero-order valence-corrected chi connectivity index (χ0v) is 16.7. The average Bonchev–Trinajstić information content (AvgIpc) is 3.43. The second-order valence-corrected chi connectivity index (χ2v) is 7.67. The number of hydrogen-bond donors (Lipinski definition) is 1. The van der Waals surface area contributed by atoms with E-state index in [9.17, 15) is 4.79 Å². The van der Waals surface area contributed by atoms with Gasteiger partial charge in [-0.25, -0.2) is 9.67 Å². The van der Waals surface area contributed by atoms with Gasteiger partial charge in [-0.2, -0.15) is 5.10 Å². The Morgan fingerprint density at radius 3 is 2.57 bits per heavy atom. The molecular formula is C23H17N5OS. The maximum Gasteiger partial charge on any atom is 0.272 e. The number of nitrogens with zero attached hydrogens (tertiary/aromatic N) is 4. The van der Waals surface area contributed by atoms with Crippen LogP contribution in [0.3, 0.4) is 0 Å². The summed E-state index contributed by atoms with van der Waals surface area (Å²) in [4.78, 5) is 21.7. The molecule has 0 aliphatic carbocycles. The average molecular weight is 411 g/mol. The molecule has 0 atom stereocenters. The first-order chi connectivity index (χ1) is 14.8. The molecule has 3 heterocycles. The minimum atomic E-state index is -0.252. The predicted octanol–water partition coefficient (Wildman–Crippen LogP) is 4.47. The number of aromatic nitrogens is 4. The summed E-state index contributed by atoms with van der Waals surface area (Å²) in [7, 11) is 0. The molecule has 3 aromatic heterocycles. The van der Waals surface area contributed by atoms with Crippen molar-refractivity contribution in [1.82, 2.24) is 25.1 Å². The van der Waals surface area contributed by atoms with E-state index < -0.39 is 0 Å². The van der Waals surface area contributed by atoms with E-state index in [-0.39, 0.29) is 5.91 Å². The zero-order valence-electron chi connectivity index (χ0n) is 15.9. The second-order valence-electron chi connectivity index (χ2n) is 6.66. The van der Waals surface area contributed by atoms with Crippen molar-refractivity contribution in [2.75, 3.05) is 0 Å². The van der Waals surface area contributed by atoms with Gasteiger partial charge in [-0.05, 0) is 30.3 Å². The second kappa shape index (κ2) is 7.88. The Balaban J connectivity index is 1.52. The van der Waals surface area contributed by atoms with Crippen LogP contribution in [0, 0.1) is 0 Å². The van der Waals surface area contributed by atoms with Crippen molar-refractivity contribution in [2.24, 2.45) is 0 Å². The highest BCUT2D eigenvalue weighted by Crippen LogP contribution is 2.29. The van der Waals surface area contributed by atoms with Gasteiger partial charge in [-0.3, -0.25) is 9.78 Å². The van der Waals surface area contributed by atoms with Crippen LogP contribution < -0.4 is 5.32 Å². The van der Waals surface area contributed by atoms with Crippen LogP contribution in [0.25, 0.3) is 26.6 Å². The minimum absolute atomic E-state index is 0.252. The van der Waals surface area contributed by atoms with Crippen LogP contribution in [-0.2, 0) is 6.54 Å². The molecule has 0 aliphatic rings. The van der Waals surface area contributed by atoms with Gasteiger partial charge in [0.2, 0.25) is 5.13 Å².